The molecule has 0 aromatic rings. The Morgan fingerprint density at radius 2 is 2.17 bits per heavy atom. The molecule has 104 valence electrons. The fourth-order valence-electron chi connectivity index (χ4n) is 2.65. The third-order valence-electron chi connectivity index (χ3n) is 3.54. The Labute approximate surface area is 108 Å². The molecular formula is C12H23N3O3. The molecular weight excluding hydrogens is 234 g/mol. The Morgan fingerprint density at radius 3 is 2.83 bits per heavy atom. The highest BCUT2D eigenvalue weighted by Gasteiger charge is 2.39. The van der Waals surface area contributed by atoms with E-state index in [0.29, 0.717) is 6.61 Å². The van der Waals surface area contributed by atoms with Crippen molar-refractivity contribution in [2.24, 2.45) is 5.84 Å². The highest BCUT2D eigenvalue weighted by atomic mass is 16.7. The molecule has 18 heavy (non-hydrogen) atoms. The molecule has 0 saturated carbocycles. The summed E-state index contributed by atoms with van der Waals surface area (Å²) in [6.45, 7) is 5.50. The summed E-state index contributed by atoms with van der Waals surface area (Å²) in [6, 6.07) is 0. The first-order valence-corrected chi connectivity index (χ1v) is 6.65. The minimum atomic E-state index is -0.829. The molecule has 0 radical (unpaired) electrons. The average Bonchev–Trinajstić information content (AvgIpc) is 2.71. The lowest BCUT2D eigenvalue weighted by Gasteiger charge is -2.29. The molecule has 6 heteroatoms. The van der Waals surface area contributed by atoms with E-state index in [2.05, 4.69) is 10.3 Å². The molecule has 6 nitrogen and oxygen atoms in total. The van der Waals surface area contributed by atoms with E-state index in [1.165, 1.54) is 19.3 Å². The Morgan fingerprint density at radius 1 is 1.44 bits per heavy atom. The van der Waals surface area contributed by atoms with Crippen LogP contribution in [0.4, 0.5) is 0 Å². The van der Waals surface area contributed by atoms with E-state index < -0.39 is 5.79 Å². The third-order valence-corrected chi connectivity index (χ3v) is 3.54. The van der Waals surface area contributed by atoms with Gasteiger partial charge in [0.15, 0.2) is 5.79 Å². The second-order valence-electron chi connectivity index (χ2n) is 5.29. The summed E-state index contributed by atoms with van der Waals surface area (Å²) < 4.78 is 11.4. The highest BCUT2D eigenvalue weighted by molar-refractivity contribution is 5.76. The van der Waals surface area contributed by atoms with Gasteiger partial charge in [-0.3, -0.25) is 10.2 Å². The second kappa shape index (κ2) is 5.97. The lowest BCUT2D eigenvalue weighted by molar-refractivity contribution is -0.168. The maximum atomic E-state index is 11.3. The van der Waals surface area contributed by atoms with Gasteiger partial charge in [0.2, 0.25) is 5.91 Å². The highest BCUT2D eigenvalue weighted by Crippen LogP contribution is 2.27. The van der Waals surface area contributed by atoms with Crippen molar-refractivity contribution in [3.8, 4) is 0 Å². The molecule has 2 rings (SSSR count). The summed E-state index contributed by atoms with van der Waals surface area (Å²) >= 11 is 0. The zero-order valence-corrected chi connectivity index (χ0v) is 11.0. The molecule has 2 aliphatic heterocycles. The van der Waals surface area contributed by atoms with Crippen molar-refractivity contribution in [1.82, 2.24) is 10.3 Å². The van der Waals surface area contributed by atoms with Crippen molar-refractivity contribution in [2.45, 2.75) is 44.5 Å². The normalized spacial score (nSPS) is 33.6. The molecule has 2 aliphatic rings. The molecule has 2 atom stereocenters. The number of rotatable bonds is 4. The first-order chi connectivity index (χ1) is 8.61. The monoisotopic (exact) mass is 257 g/mol. The van der Waals surface area contributed by atoms with Gasteiger partial charge in [-0.2, -0.15) is 0 Å². The lowest BCUT2D eigenvalue weighted by atomic mass is 10.1. The molecule has 0 aromatic heterocycles. The number of nitrogens with one attached hydrogen (secondary N) is 1. The number of hydrogen-bond donors (Lipinski definition) is 2. The van der Waals surface area contributed by atoms with Gasteiger partial charge in [0.1, 0.15) is 0 Å². The van der Waals surface area contributed by atoms with Gasteiger partial charge in [-0.15, -0.1) is 0 Å². The van der Waals surface area contributed by atoms with Gasteiger partial charge in [0.25, 0.3) is 0 Å². The number of likely N-dealkylation sites (tertiary alicyclic amines) is 1. The third kappa shape index (κ3) is 3.65. The van der Waals surface area contributed by atoms with Crippen LogP contribution in [0.15, 0.2) is 0 Å². The van der Waals surface area contributed by atoms with Gasteiger partial charge in [-0.25, -0.2) is 5.84 Å². The van der Waals surface area contributed by atoms with Crippen LogP contribution in [0.2, 0.25) is 0 Å². The van der Waals surface area contributed by atoms with Crippen LogP contribution in [-0.2, 0) is 14.3 Å². The van der Waals surface area contributed by atoms with Crippen molar-refractivity contribution in [1.29, 1.82) is 0 Å². The SMILES string of the molecule is C[C@]1(CC(=O)NN)OC[C@H](CN2CCCCC2)O1. The molecule has 0 bridgehead atoms. The standard InChI is InChI=1S/C12H23N3O3/c1-12(7-11(16)14-13)17-9-10(18-12)8-15-5-3-2-4-6-15/h10H,2-9,13H2,1H3,(H,14,16)/t10-,12-/m0/s1. The summed E-state index contributed by atoms with van der Waals surface area (Å²) in [5.74, 6) is 3.98. The van der Waals surface area contributed by atoms with E-state index in [4.69, 9.17) is 15.3 Å². The summed E-state index contributed by atoms with van der Waals surface area (Å²) in [5, 5.41) is 0. The van der Waals surface area contributed by atoms with E-state index in [-0.39, 0.29) is 18.4 Å². The van der Waals surface area contributed by atoms with E-state index in [1.807, 2.05) is 0 Å². The maximum Gasteiger partial charge on any atom is 0.239 e. The van der Waals surface area contributed by atoms with E-state index in [9.17, 15) is 4.79 Å². The minimum Gasteiger partial charge on any atom is -0.347 e. The van der Waals surface area contributed by atoms with Gasteiger partial charge < -0.3 is 14.4 Å². The van der Waals surface area contributed by atoms with Crippen LogP contribution in [0.25, 0.3) is 0 Å². The van der Waals surface area contributed by atoms with E-state index in [1.54, 1.807) is 6.92 Å². The predicted molar refractivity (Wildman–Crippen MR) is 66.5 cm³/mol. The van der Waals surface area contributed by atoms with Crippen LogP contribution in [-0.4, -0.2) is 48.9 Å². The van der Waals surface area contributed by atoms with Crippen LogP contribution < -0.4 is 11.3 Å². The quantitative estimate of drug-likeness (QED) is 0.420. The molecule has 1 amide bonds. The number of carbonyl (C=O) groups excluding carboxylic acids is 1. The van der Waals surface area contributed by atoms with E-state index >= 15 is 0 Å². The number of piperidine rings is 1. The fourth-order valence-corrected chi connectivity index (χ4v) is 2.65. The molecule has 3 N–H and O–H groups in total. The van der Waals surface area contributed by atoms with Crippen LogP contribution >= 0.6 is 0 Å². The Balaban J connectivity index is 1.78. The predicted octanol–water partition coefficient (Wildman–Crippen LogP) is -0.0161. The number of carbonyl (C=O) groups is 1. The first-order valence-electron chi connectivity index (χ1n) is 6.65. The van der Waals surface area contributed by atoms with Gasteiger partial charge in [0, 0.05) is 6.54 Å². The molecule has 0 aliphatic carbocycles. The molecule has 0 spiro atoms. The van der Waals surface area contributed by atoms with Crippen molar-refractivity contribution >= 4 is 5.91 Å². The van der Waals surface area contributed by atoms with Crippen molar-refractivity contribution in [3.05, 3.63) is 0 Å². The summed E-state index contributed by atoms with van der Waals surface area (Å²) in [6.07, 6.45) is 4.05. The maximum absolute atomic E-state index is 11.3. The zero-order chi connectivity index (χ0) is 13.0. The summed E-state index contributed by atoms with van der Waals surface area (Å²) in [4.78, 5) is 13.7. The van der Waals surface area contributed by atoms with Crippen molar-refractivity contribution in [3.63, 3.8) is 0 Å². The largest absolute Gasteiger partial charge is 0.347 e. The molecule has 0 unspecified atom stereocenters. The number of hydrazine groups is 1. The minimum absolute atomic E-state index is 0.0543. The van der Waals surface area contributed by atoms with E-state index in [0.717, 1.165) is 19.6 Å². The van der Waals surface area contributed by atoms with Crippen LogP contribution in [0.3, 0.4) is 0 Å². The topological polar surface area (TPSA) is 76.8 Å². The number of ether oxygens (including phenoxy) is 2. The van der Waals surface area contributed by atoms with Gasteiger partial charge in [-0.05, 0) is 32.9 Å². The summed E-state index contributed by atoms with van der Waals surface area (Å²) in [7, 11) is 0. The first kappa shape index (κ1) is 13.7. The van der Waals surface area contributed by atoms with Gasteiger partial charge in [0.05, 0.1) is 19.1 Å². The molecule has 0 aromatic carbocycles. The average molecular weight is 257 g/mol. The molecule has 2 heterocycles. The molecule has 2 fully saturated rings. The summed E-state index contributed by atoms with van der Waals surface area (Å²) in [5.41, 5.74) is 2.10. The van der Waals surface area contributed by atoms with Crippen molar-refractivity contribution < 1.29 is 14.3 Å². The van der Waals surface area contributed by atoms with Crippen LogP contribution in [0, 0.1) is 0 Å². The Hall–Kier alpha value is -0.690. The Kier molecular flexibility index (Phi) is 4.55. The van der Waals surface area contributed by atoms with Crippen LogP contribution in [0.5, 0.6) is 0 Å². The Bertz CT molecular complexity index is 294. The smallest absolute Gasteiger partial charge is 0.239 e. The second-order valence-corrected chi connectivity index (χ2v) is 5.29. The number of nitrogens with zero attached hydrogens (tertiary/aromatic N) is 1. The van der Waals surface area contributed by atoms with Gasteiger partial charge in [-0.1, -0.05) is 6.42 Å². The molecule has 2 saturated heterocycles. The van der Waals surface area contributed by atoms with Crippen LogP contribution in [0.1, 0.15) is 32.6 Å². The van der Waals surface area contributed by atoms with Crippen molar-refractivity contribution in [2.75, 3.05) is 26.2 Å². The number of nitrogens with two attached hydrogens (primary N) is 1. The number of amides is 1. The lowest BCUT2D eigenvalue weighted by Crippen LogP contribution is -2.40. The zero-order valence-electron chi connectivity index (χ0n) is 11.0. The van der Waals surface area contributed by atoms with Gasteiger partial charge >= 0.3 is 0 Å². The number of hydrogen-bond acceptors (Lipinski definition) is 5. The fraction of sp³-hybridized carbons (Fsp3) is 0.917.